The zero-order valence-corrected chi connectivity index (χ0v) is 15.1. The van der Waals surface area contributed by atoms with Crippen molar-refractivity contribution in [3.05, 3.63) is 96.1 Å². The molecule has 3 nitrogen and oxygen atoms in total. The number of para-hydroxylation sites is 2. The van der Waals surface area contributed by atoms with Gasteiger partial charge in [-0.05, 0) is 36.2 Å². The van der Waals surface area contributed by atoms with Crippen LogP contribution in [0, 0.1) is 5.41 Å². The fourth-order valence-electron chi connectivity index (χ4n) is 2.67. The molecule has 0 aliphatic heterocycles. The smallest absolute Gasteiger partial charge is 0.169 e. The monoisotopic (exact) mass is 348 g/mol. The van der Waals surface area contributed by atoms with Crippen LogP contribution in [0.2, 0.25) is 0 Å². The highest BCUT2D eigenvalue weighted by molar-refractivity contribution is 6.04. The van der Waals surface area contributed by atoms with Gasteiger partial charge in [0.1, 0.15) is 11.5 Å². The molecule has 3 heteroatoms. The molecule has 0 atom stereocenters. The van der Waals surface area contributed by atoms with Crippen molar-refractivity contribution in [3.63, 3.8) is 0 Å². The molecule has 0 bridgehead atoms. The van der Waals surface area contributed by atoms with E-state index in [0.717, 1.165) is 12.0 Å². The van der Waals surface area contributed by atoms with Gasteiger partial charge in [-0.25, -0.2) is 0 Å². The van der Waals surface area contributed by atoms with Crippen LogP contribution >= 0.6 is 0 Å². The van der Waals surface area contributed by atoms with Crippen LogP contribution in [0.5, 0.6) is 11.5 Å². The number of carbonyl (C=O) groups is 1. The van der Waals surface area contributed by atoms with E-state index in [4.69, 9.17) is 10.2 Å². The molecule has 3 aromatic carbocycles. The van der Waals surface area contributed by atoms with Gasteiger partial charge in [0.05, 0.1) is 0 Å². The number of ketones is 1. The summed E-state index contributed by atoms with van der Waals surface area (Å²) in [6.45, 7) is 4.02. The predicted octanol–water partition coefficient (Wildman–Crippen LogP) is 5.24. The van der Waals surface area contributed by atoms with E-state index in [-0.39, 0.29) is 11.2 Å². The molecular formula is C23H24O3. The van der Waals surface area contributed by atoms with Gasteiger partial charge in [-0.3, -0.25) is 4.79 Å². The summed E-state index contributed by atoms with van der Waals surface area (Å²) in [7, 11) is 0. The van der Waals surface area contributed by atoms with E-state index in [0.29, 0.717) is 11.5 Å². The average molecular weight is 348 g/mol. The van der Waals surface area contributed by atoms with Crippen LogP contribution in [-0.2, 0) is 6.42 Å². The Labute approximate surface area is 154 Å². The molecule has 4 rings (SSSR count). The number of phenolic OH excluding ortho intramolecular Hbond substituents is 2. The lowest BCUT2D eigenvalue weighted by molar-refractivity contribution is 0.0863. The zero-order chi connectivity index (χ0) is 19.0. The molecule has 0 radical (unpaired) electrons. The average Bonchev–Trinajstić information content (AvgIpc) is 2.87. The first-order valence-electron chi connectivity index (χ1n) is 8.51. The fourth-order valence-corrected chi connectivity index (χ4v) is 2.67. The van der Waals surface area contributed by atoms with Gasteiger partial charge < -0.3 is 10.2 Å². The maximum atomic E-state index is 11.7. The normalized spacial score (nSPS) is 13.5. The van der Waals surface area contributed by atoms with Gasteiger partial charge in [-0.2, -0.15) is 0 Å². The molecule has 0 saturated carbocycles. The largest absolute Gasteiger partial charge is 0.508 e. The maximum Gasteiger partial charge on any atom is 0.169 e. The Morgan fingerprint density at radius 3 is 1.50 bits per heavy atom. The summed E-state index contributed by atoms with van der Waals surface area (Å²) in [6, 6.07) is 25.3. The Bertz CT molecular complexity index is 787. The van der Waals surface area contributed by atoms with Crippen molar-refractivity contribution in [2.75, 3.05) is 0 Å². The van der Waals surface area contributed by atoms with E-state index in [1.54, 1.807) is 48.5 Å². The van der Waals surface area contributed by atoms with E-state index in [9.17, 15) is 4.79 Å². The summed E-state index contributed by atoms with van der Waals surface area (Å²) < 4.78 is 0. The topological polar surface area (TPSA) is 57.5 Å². The minimum Gasteiger partial charge on any atom is -0.508 e. The third-order valence-electron chi connectivity index (χ3n) is 4.02. The van der Waals surface area contributed by atoms with Gasteiger partial charge in [-0.15, -0.1) is 0 Å². The summed E-state index contributed by atoms with van der Waals surface area (Å²) in [6.07, 6.45) is 0.891. The molecular weight excluding hydrogens is 324 g/mol. The number of carbonyl (C=O) groups excluding carboxylic acids is 1. The quantitative estimate of drug-likeness (QED) is 0.584. The van der Waals surface area contributed by atoms with Crippen molar-refractivity contribution in [3.8, 4) is 11.5 Å². The Balaban J connectivity index is 0.000000150. The van der Waals surface area contributed by atoms with Gasteiger partial charge in [0.15, 0.2) is 5.78 Å². The summed E-state index contributed by atoms with van der Waals surface area (Å²) in [5, 5.41) is 17.3. The number of benzene rings is 3. The van der Waals surface area contributed by atoms with Crippen molar-refractivity contribution in [1.29, 1.82) is 0 Å². The molecule has 0 spiro atoms. The van der Waals surface area contributed by atoms with Gasteiger partial charge in [0, 0.05) is 11.0 Å². The van der Waals surface area contributed by atoms with Crippen LogP contribution in [0.3, 0.4) is 0 Å². The number of Topliss-reactive ketones (excluding diaryl/α,β-unsaturated/α-hetero) is 1. The molecule has 3 aromatic rings. The first kappa shape index (κ1) is 19.3. The molecule has 0 aromatic heterocycles. The van der Waals surface area contributed by atoms with Gasteiger partial charge in [0.2, 0.25) is 0 Å². The highest BCUT2D eigenvalue weighted by atomic mass is 16.3. The molecule has 0 fully saturated rings. The number of hydrogen-bond donors (Lipinski definition) is 2. The molecule has 0 heterocycles. The number of phenols is 2. The van der Waals surface area contributed by atoms with Crippen molar-refractivity contribution in [2.24, 2.45) is 5.41 Å². The fraction of sp³-hybridized carbons (Fsp3) is 0.174. The Hall–Kier alpha value is -3.07. The van der Waals surface area contributed by atoms with Crippen LogP contribution in [0.15, 0.2) is 84.9 Å². The van der Waals surface area contributed by atoms with E-state index < -0.39 is 0 Å². The van der Waals surface area contributed by atoms with Crippen LogP contribution in [0.4, 0.5) is 0 Å². The SMILES string of the molecule is CC1(C)Cc2ccccc2C1=O.Oc1ccccc1.Oc1ccccc1. The van der Waals surface area contributed by atoms with Crippen molar-refractivity contribution < 1.29 is 15.0 Å². The number of hydrogen-bond acceptors (Lipinski definition) is 3. The molecule has 26 heavy (non-hydrogen) atoms. The lowest BCUT2D eigenvalue weighted by Crippen LogP contribution is -2.18. The zero-order valence-electron chi connectivity index (χ0n) is 15.1. The molecule has 0 unspecified atom stereocenters. The van der Waals surface area contributed by atoms with Crippen LogP contribution in [0.1, 0.15) is 29.8 Å². The summed E-state index contributed by atoms with van der Waals surface area (Å²) in [5.74, 6) is 0.933. The number of fused-ring (bicyclic) bond motifs is 1. The van der Waals surface area contributed by atoms with Crippen LogP contribution in [-0.4, -0.2) is 16.0 Å². The van der Waals surface area contributed by atoms with E-state index in [1.165, 1.54) is 5.56 Å². The molecule has 0 saturated heterocycles. The van der Waals surface area contributed by atoms with Crippen molar-refractivity contribution in [2.45, 2.75) is 20.3 Å². The summed E-state index contributed by atoms with van der Waals surface area (Å²) in [5.41, 5.74) is 1.94. The molecule has 1 aliphatic rings. The van der Waals surface area contributed by atoms with Crippen LogP contribution < -0.4 is 0 Å². The third kappa shape index (κ3) is 5.49. The summed E-state index contributed by atoms with van der Waals surface area (Å²) >= 11 is 0. The van der Waals surface area contributed by atoms with E-state index >= 15 is 0 Å². The second kappa shape index (κ2) is 8.86. The van der Waals surface area contributed by atoms with E-state index in [1.807, 2.05) is 50.2 Å². The number of rotatable bonds is 0. The van der Waals surface area contributed by atoms with E-state index in [2.05, 4.69) is 0 Å². The first-order chi connectivity index (χ1) is 12.4. The van der Waals surface area contributed by atoms with Crippen molar-refractivity contribution >= 4 is 5.78 Å². The van der Waals surface area contributed by atoms with Gasteiger partial charge in [-0.1, -0.05) is 74.5 Å². The minimum atomic E-state index is -0.177. The molecule has 2 N–H and O–H groups in total. The standard InChI is InChI=1S/C11H12O.2C6H6O/c1-11(2)7-8-5-3-4-6-9(8)10(11)12;2*7-6-4-2-1-3-5-6/h3-6H,7H2,1-2H3;2*1-5,7H. The first-order valence-corrected chi connectivity index (χ1v) is 8.51. The minimum absolute atomic E-state index is 0.177. The summed E-state index contributed by atoms with van der Waals surface area (Å²) in [4.78, 5) is 11.7. The van der Waals surface area contributed by atoms with Gasteiger partial charge in [0.25, 0.3) is 0 Å². The highest BCUT2D eigenvalue weighted by Crippen LogP contribution is 2.35. The second-order valence-electron chi connectivity index (χ2n) is 6.72. The van der Waals surface area contributed by atoms with Crippen LogP contribution in [0.25, 0.3) is 0 Å². The number of aromatic hydroxyl groups is 2. The maximum absolute atomic E-state index is 11.7. The Morgan fingerprint density at radius 1 is 0.692 bits per heavy atom. The van der Waals surface area contributed by atoms with Crippen molar-refractivity contribution in [1.82, 2.24) is 0 Å². The third-order valence-corrected chi connectivity index (χ3v) is 4.02. The Morgan fingerprint density at radius 2 is 1.12 bits per heavy atom. The predicted molar refractivity (Wildman–Crippen MR) is 104 cm³/mol. The highest BCUT2D eigenvalue weighted by Gasteiger charge is 2.36. The van der Waals surface area contributed by atoms with Gasteiger partial charge >= 0.3 is 0 Å². The second-order valence-corrected chi connectivity index (χ2v) is 6.72. The molecule has 1 aliphatic carbocycles. The Kier molecular flexibility index (Phi) is 6.56. The lowest BCUT2D eigenvalue weighted by Gasteiger charge is -2.12. The molecule has 0 amide bonds. The molecule has 134 valence electrons. The lowest BCUT2D eigenvalue weighted by atomic mass is 9.89.